The fraction of sp³-hybridized carbons (Fsp3) is 0.478. The maximum atomic E-state index is 12.5. The number of amides is 2. The number of carbonyl (C=O) groups excluding carboxylic acids is 2. The van der Waals surface area contributed by atoms with Crippen LogP contribution in [0.25, 0.3) is 0 Å². The van der Waals surface area contributed by atoms with Crippen molar-refractivity contribution in [2.45, 2.75) is 53.9 Å². The number of thiophene rings is 1. The van der Waals surface area contributed by atoms with Gasteiger partial charge < -0.3 is 15.8 Å². The molecule has 0 aliphatic heterocycles. The third-order valence-corrected chi connectivity index (χ3v) is 6.86. The van der Waals surface area contributed by atoms with Crippen LogP contribution in [0, 0.1) is 25.2 Å². The van der Waals surface area contributed by atoms with Gasteiger partial charge in [-0.1, -0.05) is 32.9 Å². The molecule has 6 heteroatoms. The van der Waals surface area contributed by atoms with Gasteiger partial charge >= 0.3 is 0 Å². The normalized spacial score (nSPS) is 16.2. The number of primary amides is 1. The summed E-state index contributed by atoms with van der Waals surface area (Å²) in [5.41, 5.74) is 9.39. The molecular weight excluding hydrogens is 384 g/mol. The molecule has 0 spiro atoms. The lowest BCUT2D eigenvalue weighted by Gasteiger charge is -2.33. The van der Waals surface area contributed by atoms with E-state index in [1.54, 1.807) is 0 Å². The first-order valence-corrected chi connectivity index (χ1v) is 10.8. The molecule has 1 atom stereocenters. The standard InChI is InChI=1S/C23H30N2O3S/c1-13-6-7-14(2)17(10-13)28-12-19(26)25-22-20(21(24)27)16-9-8-15(23(3,4)5)11-18(16)29-22/h6-7,10,15H,8-9,11-12H2,1-5H3,(H2,24,27)(H,25,26). The summed E-state index contributed by atoms with van der Waals surface area (Å²) in [6.45, 7) is 10.6. The molecule has 0 saturated carbocycles. The van der Waals surface area contributed by atoms with E-state index in [9.17, 15) is 9.59 Å². The Morgan fingerprint density at radius 3 is 2.66 bits per heavy atom. The van der Waals surface area contributed by atoms with Crippen molar-refractivity contribution >= 4 is 28.2 Å². The van der Waals surface area contributed by atoms with E-state index in [1.807, 2.05) is 32.0 Å². The molecule has 1 heterocycles. The molecular formula is C23H30N2O3S. The predicted molar refractivity (Wildman–Crippen MR) is 118 cm³/mol. The van der Waals surface area contributed by atoms with Gasteiger partial charge in [-0.25, -0.2) is 0 Å². The van der Waals surface area contributed by atoms with Gasteiger partial charge in [0.1, 0.15) is 10.8 Å². The minimum absolute atomic E-state index is 0.115. The van der Waals surface area contributed by atoms with E-state index in [-0.39, 0.29) is 17.9 Å². The number of hydrogen-bond acceptors (Lipinski definition) is 4. The Balaban J connectivity index is 1.75. The smallest absolute Gasteiger partial charge is 0.262 e. The molecule has 1 aromatic heterocycles. The Kier molecular flexibility index (Phi) is 6.03. The number of nitrogens with one attached hydrogen (secondary N) is 1. The molecule has 2 amide bonds. The van der Waals surface area contributed by atoms with Crippen LogP contribution < -0.4 is 15.8 Å². The summed E-state index contributed by atoms with van der Waals surface area (Å²) in [4.78, 5) is 25.8. The molecule has 0 saturated heterocycles. The quantitative estimate of drug-likeness (QED) is 0.748. The van der Waals surface area contributed by atoms with Gasteiger partial charge in [0.25, 0.3) is 11.8 Å². The molecule has 29 heavy (non-hydrogen) atoms. The lowest BCUT2D eigenvalue weighted by atomic mass is 9.72. The van der Waals surface area contributed by atoms with Gasteiger partial charge in [-0.05, 0) is 67.2 Å². The largest absolute Gasteiger partial charge is 0.483 e. The molecule has 1 aliphatic rings. The fourth-order valence-corrected chi connectivity index (χ4v) is 5.19. The molecule has 0 fully saturated rings. The molecule has 1 aromatic carbocycles. The van der Waals surface area contributed by atoms with E-state index in [1.165, 1.54) is 11.3 Å². The lowest BCUT2D eigenvalue weighted by molar-refractivity contribution is -0.118. The molecule has 3 N–H and O–H groups in total. The summed E-state index contributed by atoms with van der Waals surface area (Å²) in [5, 5.41) is 3.41. The van der Waals surface area contributed by atoms with Gasteiger partial charge in [0.15, 0.2) is 6.61 Å². The number of benzene rings is 1. The van der Waals surface area contributed by atoms with E-state index in [0.29, 0.717) is 22.2 Å². The van der Waals surface area contributed by atoms with Crippen LogP contribution in [0.4, 0.5) is 5.00 Å². The van der Waals surface area contributed by atoms with Gasteiger partial charge in [-0.2, -0.15) is 0 Å². The maximum Gasteiger partial charge on any atom is 0.262 e. The Bertz CT molecular complexity index is 940. The van der Waals surface area contributed by atoms with Crippen molar-refractivity contribution < 1.29 is 14.3 Å². The van der Waals surface area contributed by atoms with Gasteiger partial charge in [0.2, 0.25) is 0 Å². The van der Waals surface area contributed by atoms with E-state index in [2.05, 4.69) is 26.1 Å². The molecule has 3 rings (SSSR count). The summed E-state index contributed by atoms with van der Waals surface area (Å²) in [7, 11) is 0. The second-order valence-electron chi connectivity index (χ2n) is 8.98. The van der Waals surface area contributed by atoms with E-state index in [0.717, 1.165) is 40.8 Å². The number of ether oxygens (including phenoxy) is 1. The van der Waals surface area contributed by atoms with Crippen molar-refractivity contribution in [3.8, 4) is 5.75 Å². The Labute approximate surface area is 176 Å². The Hall–Kier alpha value is -2.34. The van der Waals surface area contributed by atoms with Crippen LogP contribution in [0.2, 0.25) is 0 Å². The summed E-state index contributed by atoms with van der Waals surface area (Å²) >= 11 is 1.48. The van der Waals surface area contributed by atoms with Crippen molar-refractivity contribution in [1.82, 2.24) is 0 Å². The SMILES string of the molecule is Cc1ccc(C)c(OCC(=O)Nc2sc3c(c2C(N)=O)CCC(C(C)(C)C)C3)c1. The topological polar surface area (TPSA) is 81.4 Å². The first kappa shape index (κ1) is 21.4. The highest BCUT2D eigenvalue weighted by atomic mass is 32.1. The molecule has 5 nitrogen and oxygen atoms in total. The molecule has 156 valence electrons. The number of fused-ring (bicyclic) bond motifs is 1. The highest BCUT2D eigenvalue weighted by molar-refractivity contribution is 7.17. The van der Waals surface area contributed by atoms with E-state index >= 15 is 0 Å². The minimum Gasteiger partial charge on any atom is -0.483 e. The van der Waals surface area contributed by atoms with Gasteiger partial charge in [-0.15, -0.1) is 11.3 Å². The summed E-state index contributed by atoms with van der Waals surface area (Å²) in [5.74, 6) is 0.459. The number of rotatable bonds is 5. The third kappa shape index (κ3) is 4.81. The van der Waals surface area contributed by atoms with Crippen molar-refractivity contribution in [2.75, 3.05) is 11.9 Å². The Morgan fingerprint density at radius 2 is 2.00 bits per heavy atom. The number of aryl methyl sites for hydroxylation is 2. The van der Waals surface area contributed by atoms with Crippen LogP contribution >= 0.6 is 11.3 Å². The second kappa shape index (κ2) is 8.19. The third-order valence-electron chi connectivity index (χ3n) is 5.69. The first-order valence-electron chi connectivity index (χ1n) is 10.0. The van der Waals surface area contributed by atoms with Crippen LogP contribution in [-0.2, 0) is 17.6 Å². The molecule has 1 unspecified atom stereocenters. The molecule has 2 aromatic rings. The zero-order valence-corrected chi connectivity index (χ0v) is 18.7. The van der Waals surface area contributed by atoms with Gasteiger partial charge in [0.05, 0.1) is 5.56 Å². The predicted octanol–water partition coefficient (Wildman–Crippen LogP) is 4.63. The van der Waals surface area contributed by atoms with E-state index in [4.69, 9.17) is 10.5 Å². The van der Waals surface area contributed by atoms with Gasteiger partial charge in [-0.3, -0.25) is 9.59 Å². The van der Waals surface area contributed by atoms with Gasteiger partial charge in [0, 0.05) is 4.88 Å². The number of hydrogen-bond donors (Lipinski definition) is 2. The highest BCUT2D eigenvalue weighted by Crippen LogP contribution is 2.44. The minimum atomic E-state index is -0.484. The highest BCUT2D eigenvalue weighted by Gasteiger charge is 2.33. The monoisotopic (exact) mass is 414 g/mol. The summed E-state index contributed by atoms with van der Waals surface area (Å²) < 4.78 is 5.69. The van der Waals surface area contributed by atoms with Crippen molar-refractivity contribution in [1.29, 1.82) is 0 Å². The van der Waals surface area contributed by atoms with Crippen LogP contribution in [-0.4, -0.2) is 18.4 Å². The summed E-state index contributed by atoms with van der Waals surface area (Å²) in [6, 6.07) is 5.88. The number of carbonyl (C=O) groups is 2. The van der Waals surface area contributed by atoms with Crippen molar-refractivity contribution in [2.24, 2.45) is 17.1 Å². The first-order chi connectivity index (χ1) is 13.6. The molecule has 0 bridgehead atoms. The number of nitrogens with two attached hydrogens (primary N) is 1. The van der Waals surface area contributed by atoms with E-state index < -0.39 is 5.91 Å². The van der Waals surface area contributed by atoms with Crippen LogP contribution in [0.5, 0.6) is 5.75 Å². The van der Waals surface area contributed by atoms with Crippen LogP contribution in [0.1, 0.15) is 59.1 Å². The molecule has 1 aliphatic carbocycles. The lowest BCUT2D eigenvalue weighted by Crippen LogP contribution is -2.27. The maximum absolute atomic E-state index is 12.5. The van der Waals surface area contributed by atoms with Crippen LogP contribution in [0.15, 0.2) is 18.2 Å². The zero-order valence-electron chi connectivity index (χ0n) is 17.8. The average molecular weight is 415 g/mol. The van der Waals surface area contributed by atoms with Crippen molar-refractivity contribution in [3.63, 3.8) is 0 Å². The van der Waals surface area contributed by atoms with Crippen molar-refractivity contribution in [3.05, 3.63) is 45.3 Å². The average Bonchev–Trinajstić information content (AvgIpc) is 2.98. The molecule has 0 radical (unpaired) electrons. The summed E-state index contributed by atoms with van der Waals surface area (Å²) in [6.07, 6.45) is 2.76. The zero-order chi connectivity index (χ0) is 21.3. The Morgan fingerprint density at radius 1 is 1.28 bits per heavy atom. The number of anilines is 1. The second-order valence-corrected chi connectivity index (χ2v) is 10.1. The fourth-order valence-electron chi connectivity index (χ4n) is 3.84. The van der Waals surface area contributed by atoms with Crippen LogP contribution in [0.3, 0.4) is 0 Å².